The quantitative estimate of drug-likeness (QED) is 0.819. The minimum Gasteiger partial charge on any atom is -0.483 e. The number of nitrogens with one attached hydrogen (secondary N) is 1. The van der Waals surface area contributed by atoms with Gasteiger partial charge in [-0.05, 0) is 41.2 Å². The Labute approximate surface area is 138 Å². The molecule has 0 aliphatic heterocycles. The lowest BCUT2D eigenvalue weighted by Gasteiger charge is -2.14. The molecule has 0 radical (unpaired) electrons. The highest BCUT2D eigenvalue weighted by Crippen LogP contribution is 2.25. The van der Waals surface area contributed by atoms with Crippen molar-refractivity contribution in [2.24, 2.45) is 0 Å². The van der Waals surface area contributed by atoms with Crippen LogP contribution in [0.4, 0.5) is 5.69 Å². The van der Waals surface area contributed by atoms with Crippen LogP contribution in [0, 0.1) is 0 Å². The van der Waals surface area contributed by atoms with E-state index in [4.69, 9.17) is 4.74 Å². The lowest BCUT2D eigenvalue weighted by atomic mass is 10.0. The van der Waals surface area contributed by atoms with Crippen LogP contribution in [0.25, 0.3) is 0 Å². The highest BCUT2D eigenvalue weighted by atomic mass is 16.5. The Morgan fingerprint density at radius 2 is 1.61 bits per heavy atom. The molecule has 2 aromatic carbocycles. The third kappa shape index (κ3) is 4.85. The van der Waals surface area contributed by atoms with Crippen LogP contribution in [0.1, 0.15) is 50.7 Å². The van der Waals surface area contributed by atoms with Crippen molar-refractivity contribution in [3.05, 3.63) is 59.7 Å². The van der Waals surface area contributed by atoms with Crippen molar-refractivity contribution in [2.45, 2.75) is 39.5 Å². The lowest BCUT2D eigenvalue weighted by molar-refractivity contribution is -0.118. The first-order valence-corrected chi connectivity index (χ1v) is 8.09. The Morgan fingerprint density at radius 3 is 2.22 bits per heavy atom. The van der Waals surface area contributed by atoms with Gasteiger partial charge in [-0.1, -0.05) is 58.0 Å². The molecule has 0 heterocycles. The van der Waals surface area contributed by atoms with E-state index in [0.717, 1.165) is 17.0 Å². The molecule has 0 unspecified atom stereocenters. The molecule has 1 N–H and O–H groups in total. The molecule has 0 aliphatic rings. The summed E-state index contributed by atoms with van der Waals surface area (Å²) in [4.78, 5) is 12.0. The third-order valence-electron chi connectivity index (χ3n) is 3.76. The van der Waals surface area contributed by atoms with Gasteiger partial charge in [0.2, 0.25) is 0 Å². The van der Waals surface area contributed by atoms with E-state index in [1.807, 2.05) is 48.5 Å². The molecule has 2 rings (SSSR count). The summed E-state index contributed by atoms with van der Waals surface area (Å²) in [6.45, 7) is 8.52. The van der Waals surface area contributed by atoms with Gasteiger partial charge in [0, 0.05) is 5.69 Å². The SMILES string of the molecule is CC(C)c1ccc(NC(=O)COc2ccccc2C(C)C)cc1. The van der Waals surface area contributed by atoms with Crippen LogP contribution in [0.15, 0.2) is 48.5 Å². The summed E-state index contributed by atoms with van der Waals surface area (Å²) in [6, 6.07) is 15.8. The van der Waals surface area contributed by atoms with Gasteiger partial charge in [-0.3, -0.25) is 4.79 Å². The van der Waals surface area contributed by atoms with Gasteiger partial charge in [-0.2, -0.15) is 0 Å². The first-order chi connectivity index (χ1) is 11.0. The van der Waals surface area contributed by atoms with Crippen molar-refractivity contribution in [1.82, 2.24) is 0 Å². The second kappa shape index (κ2) is 7.82. The molecule has 0 bridgehead atoms. The molecule has 1 amide bonds. The summed E-state index contributed by atoms with van der Waals surface area (Å²) in [5.41, 5.74) is 3.16. The van der Waals surface area contributed by atoms with E-state index in [1.54, 1.807) is 0 Å². The Balaban J connectivity index is 1.93. The predicted molar refractivity (Wildman–Crippen MR) is 95.2 cm³/mol. The van der Waals surface area contributed by atoms with E-state index in [0.29, 0.717) is 11.8 Å². The minimum atomic E-state index is -0.152. The molecule has 0 saturated carbocycles. The fraction of sp³-hybridized carbons (Fsp3) is 0.350. The van der Waals surface area contributed by atoms with Crippen molar-refractivity contribution < 1.29 is 9.53 Å². The molecule has 0 atom stereocenters. The Bertz CT molecular complexity index is 645. The van der Waals surface area contributed by atoms with E-state index >= 15 is 0 Å². The largest absolute Gasteiger partial charge is 0.483 e. The fourth-order valence-corrected chi connectivity index (χ4v) is 2.38. The summed E-state index contributed by atoms with van der Waals surface area (Å²) in [5, 5.41) is 2.86. The normalized spacial score (nSPS) is 10.9. The maximum absolute atomic E-state index is 12.0. The highest BCUT2D eigenvalue weighted by Gasteiger charge is 2.09. The standard InChI is InChI=1S/C20H25NO2/c1-14(2)16-9-11-17(12-10-16)21-20(22)13-23-19-8-6-5-7-18(19)15(3)4/h5-12,14-15H,13H2,1-4H3,(H,21,22). The average molecular weight is 311 g/mol. The molecule has 122 valence electrons. The van der Waals surface area contributed by atoms with Crippen molar-refractivity contribution in [3.63, 3.8) is 0 Å². The van der Waals surface area contributed by atoms with E-state index in [2.05, 4.69) is 33.0 Å². The number of ether oxygens (including phenoxy) is 1. The summed E-state index contributed by atoms with van der Waals surface area (Å²) < 4.78 is 5.68. The van der Waals surface area contributed by atoms with Crippen LogP contribution in [0.2, 0.25) is 0 Å². The zero-order chi connectivity index (χ0) is 16.8. The molecule has 23 heavy (non-hydrogen) atoms. The third-order valence-corrected chi connectivity index (χ3v) is 3.76. The van der Waals surface area contributed by atoms with Gasteiger partial charge in [0.1, 0.15) is 5.75 Å². The van der Waals surface area contributed by atoms with Gasteiger partial charge in [0.25, 0.3) is 5.91 Å². The fourth-order valence-electron chi connectivity index (χ4n) is 2.38. The van der Waals surface area contributed by atoms with E-state index in [9.17, 15) is 4.79 Å². The van der Waals surface area contributed by atoms with Crippen LogP contribution in [-0.4, -0.2) is 12.5 Å². The minimum absolute atomic E-state index is 0.00959. The molecule has 3 heteroatoms. The number of amides is 1. The number of hydrogen-bond donors (Lipinski definition) is 1. The number of carbonyl (C=O) groups is 1. The molecule has 3 nitrogen and oxygen atoms in total. The number of anilines is 1. The number of carbonyl (C=O) groups excluding carboxylic acids is 1. The molecule has 2 aromatic rings. The zero-order valence-corrected chi connectivity index (χ0v) is 14.3. The second-order valence-electron chi connectivity index (χ2n) is 6.31. The van der Waals surface area contributed by atoms with E-state index < -0.39 is 0 Å². The topological polar surface area (TPSA) is 38.3 Å². The first-order valence-electron chi connectivity index (χ1n) is 8.09. The summed E-state index contributed by atoms with van der Waals surface area (Å²) in [5.74, 6) is 1.46. The van der Waals surface area contributed by atoms with Crippen molar-refractivity contribution in [1.29, 1.82) is 0 Å². The van der Waals surface area contributed by atoms with Crippen molar-refractivity contribution in [2.75, 3.05) is 11.9 Å². The number of rotatable bonds is 6. The number of benzene rings is 2. The zero-order valence-electron chi connectivity index (χ0n) is 14.3. The van der Waals surface area contributed by atoms with Crippen LogP contribution in [-0.2, 0) is 4.79 Å². The summed E-state index contributed by atoms with van der Waals surface area (Å²) >= 11 is 0. The summed E-state index contributed by atoms with van der Waals surface area (Å²) in [6.07, 6.45) is 0. The number of hydrogen-bond acceptors (Lipinski definition) is 2. The van der Waals surface area contributed by atoms with Gasteiger partial charge in [0.05, 0.1) is 0 Å². The molecule has 0 aliphatic carbocycles. The Hall–Kier alpha value is -2.29. The first kappa shape index (κ1) is 17.1. The van der Waals surface area contributed by atoms with Gasteiger partial charge in [-0.15, -0.1) is 0 Å². The van der Waals surface area contributed by atoms with Crippen LogP contribution >= 0.6 is 0 Å². The molecule has 0 aromatic heterocycles. The maximum atomic E-state index is 12.0. The Morgan fingerprint density at radius 1 is 0.957 bits per heavy atom. The van der Waals surface area contributed by atoms with Gasteiger partial charge >= 0.3 is 0 Å². The van der Waals surface area contributed by atoms with Crippen LogP contribution < -0.4 is 10.1 Å². The average Bonchev–Trinajstić information content (AvgIpc) is 2.53. The lowest BCUT2D eigenvalue weighted by Crippen LogP contribution is -2.20. The Kier molecular flexibility index (Phi) is 5.80. The summed E-state index contributed by atoms with van der Waals surface area (Å²) in [7, 11) is 0. The van der Waals surface area contributed by atoms with Gasteiger partial charge in [-0.25, -0.2) is 0 Å². The molecular weight excluding hydrogens is 286 g/mol. The van der Waals surface area contributed by atoms with Crippen molar-refractivity contribution in [3.8, 4) is 5.75 Å². The van der Waals surface area contributed by atoms with Gasteiger partial charge < -0.3 is 10.1 Å². The molecule has 0 saturated heterocycles. The smallest absolute Gasteiger partial charge is 0.262 e. The van der Waals surface area contributed by atoms with Crippen LogP contribution in [0.5, 0.6) is 5.75 Å². The van der Waals surface area contributed by atoms with Crippen LogP contribution in [0.3, 0.4) is 0 Å². The highest BCUT2D eigenvalue weighted by molar-refractivity contribution is 5.91. The predicted octanol–water partition coefficient (Wildman–Crippen LogP) is 4.95. The van der Waals surface area contributed by atoms with E-state index in [-0.39, 0.29) is 12.5 Å². The maximum Gasteiger partial charge on any atom is 0.262 e. The van der Waals surface area contributed by atoms with Gasteiger partial charge in [0.15, 0.2) is 6.61 Å². The molecule has 0 fully saturated rings. The monoisotopic (exact) mass is 311 g/mol. The van der Waals surface area contributed by atoms with Crippen molar-refractivity contribution >= 4 is 11.6 Å². The van der Waals surface area contributed by atoms with E-state index in [1.165, 1.54) is 5.56 Å². The molecule has 0 spiro atoms. The molecular formula is C20H25NO2. The number of para-hydroxylation sites is 1. The second-order valence-corrected chi connectivity index (χ2v) is 6.31.